The van der Waals surface area contributed by atoms with Gasteiger partial charge in [0.05, 0.1) is 12.4 Å². The van der Waals surface area contributed by atoms with Crippen molar-refractivity contribution in [1.82, 2.24) is 10.9 Å². The summed E-state index contributed by atoms with van der Waals surface area (Å²) in [5, 5.41) is 7.94. The first-order valence-electron chi connectivity index (χ1n) is 8.79. The SMILES string of the molecule is O=C(N/N=C\c1ccc(/C=N\NC(=O)c2cccc(Br)c2)cc1)c1cccc(Br)c1. The molecule has 0 saturated heterocycles. The highest BCUT2D eigenvalue weighted by Crippen LogP contribution is 2.12. The van der Waals surface area contributed by atoms with Gasteiger partial charge in [-0.15, -0.1) is 0 Å². The van der Waals surface area contributed by atoms with Crippen molar-refractivity contribution in [3.63, 3.8) is 0 Å². The Hall–Kier alpha value is -3.10. The Labute approximate surface area is 190 Å². The first-order chi connectivity index (χ1) is 14.5. The van der Waals surface area contributed by atoms with Crippen LogP contribution in [-0.2, 0) is 0 Å². The molecule has 0 spiro atoms. The van der Waals surface area contributed by atoms with E-state index in [9.17, 15) is 9.59 Å². The lowest BCUT2D eigenvalue weighted by atomic mass is 10.2. The molecular formula is C22H16Br2N4O2. The summed E-state index contributed by atoms with van der Waals surface area (Å²) in [6, 6.07) is 21.4. The standard InChI is InChI=1S/C22H16Br2N4O2/c23-19-5-1-3-17(11-19)21(29)27-25-13-15-7-9-16(10-8-15)14-26-28-22(30)18-4-2-6-20(24)12-18/h1-14H,(H,27,29)(H,28,30)/b25-13-,26-14-. The summed E-state index contributed by atoms with van der Waals surface area (Å²) in [6.07, 6.45) is 3.09. The normalized spacial score (nSPS) is 11.0. The van der Waals surface area contributed by atoms with Crippen molar-refractivity contribution in [3.05, 3.63) is 104 Å². The molecular weight excluding hydrogens is 512 g/mol. The number of hydrazone groups is 2. The second-order valence-electron chi connectivity index (χ2n) is 6.09. The van der Waals surface area contributed by atoms with Gasteiger partial charge in [0.2, 0.25) is 0 Å². The van der Waals surface area contributed by atoms with Crippen LogP contribution in [0.1, 0.15) is 31.8 Å². The Balaban J connectivity index is 1.52. The average molecular weight is 528 g/mol. The number of rotatable bonds is 6. The monoisotopic (exact) mass is 526 g/mol. The van der Waals surface area contributed by atoms with Crippen molar-refractivity contribution in [3.8, 4) is 0 Å². The van der Waals surface area contributed by atoms with Crippen LogP contribution in [0.15, 0.2) is 91.9 Å². The topological polar surface area (TPSA) is 82.9 Å². The molecule has 0 unspecified atom stereocenters. The number of hydrogen-bond donors (Lipinski definition) is 2. The summed E-state index contributed by atoms with van der Waals surface area (Å²) < 4.78 is 1.65. The zero-order valence-corrected chi connectivity index (χ0v) is 18.7. The summed E-state index contributed by atoms with van der Waals surface area (Å²) in [4.78, 5) is 24.1. The van der Waals surface area contributed by atoms with E-state index in [2.05, 4.69) is 52.9 Å². The predicted octanol–water partition coefficient (Wildman–Crippen LogP) is 4.74. The average Bonchev–Trinajstić information content (AvgIpc) is 2.74. The molecule has 0 radical (unpaired) electrons. The van der Waals surface area contributed by atoms with Crippen LogP contribution in [0.25, 0.3) is 0 Å². The second-order valence-corrected chi connectivity index (χ2v) is 7.92. The summed E-state index contributed by atoms with van der Waals surface area (Å²) in [5.74, 6) is -0.588. The van der Waals surface area contributed by atoms with Gasteiger partial charge in [-0.25, -0.2) is 10.9 Å². The molecule has 3 rings (SSSR count). The molecule has 0 heterocycles. The van der Waals surface area contributed by atoms with E-state index in [1.54, 1.807) is 48.8 Å². The van der Waals surface area contributed by atoms with Gasteiger partial charge in [0, 0.05) is 20.1 Å². The molecule has 6 nitrogen and oxygen atoms in total. The van der Waals surface area contributed by atoms with Gasteiger partial charge in [-0.1, -0.05) is 68.3 Å². The number of carbonyl (C=O) groups excluding carboxylic acids is 2. The number of nitrogens with zero attached hydrogens (tertiary/aromatic N) is 2. The molecule has 0 saturated carbocycles. The van der Waals surface area contributed by atoms with E-state index in [-0.39, 0.29) is 11.8 Å². The lowest BCUT2D eigenvalue weighted by Crippen LogP contribution is -2.17. The van der Waals surface area contributed by atoms with Crippen molar-refractivity contribution in [2.24, 2.45) is 10.2 Å². The third kappa shape index (κ3) is 6.47. The van der Waals surface area contributed by atoms with Crippen LogP contribution < -0.4 is 10.9 Å². The second kappa shape index (κ2) is 10.6. The largest absolute Gasteiger partial charge is 0.271 e. The highest BCUT2D eigenvalue weighted by molar-refractivity contribution is 9.10. The number of nitrogens with one attached hydrogen (secondary N) is 2. The van der Waals surface area contributed by atoms with Gasteiger partial charge < -0.3 is 0 Å². The van der Waals surface area contributed by atoms with Gasteiger partial charge in [-0.3, -0.25) is 9.59 Å². The van der Waals surface area contributed by atoms with Gasteiger partial charge in [-0.2, -0.15) is 10.2 Å². The highest BCUT2D eigenvalue weighted by Gasteiger charge is 2.04. The fourth-order valence-corrected chi connectivity index (χ4v) is 3.19. The number of benzene rings is 3. The van der Waals surface area contributed by atoms with Gasteiger partial charge in [0.15, 0.2) is 0 Å². The van der Waals surface area contributed by atoms with Crippen LogP contribution in [-0.4, -0.2) is 24.2 Å². The van der Waals surface area contributed by atoms with E-state index in [1.165, 1.54) is 0 Å². The van der Waals surface area contributed by atoms with Crippen molar-refractivity contribution in [1.29, 1.82) is 0 Å². The minimum atomic E-state index is -0.294. The van der Waals surface area contributed by atoms with Gasteiger partial charge >= 0.3 is 0 Å². The zero-order chi connectivity index (χ0) is 21.3. The molecule has 0 aliphatic rings. The van der Waals surface area contributed by atoms with Crippen molar-refractivity contribution < 1.29 is 9.59 Å². The fraction of sp³-hybridized carbons (Fsp3) is 0. The number of amides is 2. The maximum atomic E-state index is 12.0. The first-order valence-corrected chi connectivity index (χ1v) is 10.4. The van der Waals surface area contributed by atoms with E-state index in [4.69, 9.17) is 0 Å². The Bertz CT molecular complexity index is 1020. The molecule has 0 aliphatic carbocycles. The maximum Gasteiger partial charge on any atom is 0.271 e. The zero-order valence-electron chi connectivity index (χ0n) is 15.5. The third-order valence-corrected chi connectivity index (χ3v) is 4.86. The van der Waals surface area contributed by atoms with E-state index in [0.29, 0.717) is 11.1 Å². The summed E-state index contributed by atoms with van der Waals surface area (Å²) in [6.45, 7) is 0. The Morgan fingerprint density at radius 3 is 1.43 bits per heavy atom. The van der Waals surface area contributed by atoms with E-state index in [1.807, 2.05) is 36.4 Å². The Kier molecular flexibility index (Phi) is 7.64. The van der Waals surface area contributed by atoms with Crippen molar-refractivity contribution in [2.45, 2.75) is 0 Å². The van der Waals surface area contributed by atoms with E-state index in [0.717, 1.165) is 20.1 Å². The molecule has 0 bridgehead atoms. The number of carbonyl (C=O) groups is 2. The van der Waals surface area contributed by atoms with E-state index < -0.39 is 0 Å². The molecule has 2 amide bonds. The van der Waals surface area contributed by atoms with Crippen LogP contribution in [0, 0.1) is 0 Å². The van der Waals surface area contributed by atoms with Crippen molar-refractivity contribution >= 4 is 56.1 Å². The number of halogens is 2. The Morgan fingerprint density at radius 1 is 0.667 bits per heavy atom. The lowest BCUT2D eigenvalue weighted by molar-refractivity contribution is 0.0947. The van der Waals surface area contributed by atoms with Gasteiger partial charge in [0.1, 0.15) is 0 Å². The minimum Gasteiger partial charge on any atom is -0.267 e. The molecule has 0 fully saturated rings. The molecule has 0 aliphatic heterocycles. The molecule has 0 aromatic heterocycles. The molecule has 3 aromatic carbocycles. The molecule has 2 N–H and O–H groups in total. The van der Waals surface area contributed by atoms with Crippen LogP contribution in [0.2, 0.25) is 0 Å². The molecule has 8 heteroatoms. The maximum absolute atomic E-state index is 12.0. The summed E-state index contributed by atoms with van der Waals surface area (Å²) >= 11 is 6.66. The molecule has 150 valence electrons. The van der Waals surface area contributed by atoms with Gasteiger partial charge in [-0.05, 0) is 47.5 Å². The van der Waals surface area contributed by atoms with Crippen LogP contribution in [0.5, 0.6) is 0 Å². The predicted molar refractivity (Wildman–Crippen MR) is 125 cm³/mol. The van der Waals surface area contributed by atoms with Crippen LogP contribution in [0.4, 0.5) is 0 Å². The highest BCUT2D eigenvalue weighted by atomic mass is 79.9. The minimum absolute atomic E-state index is 0.294. The van der Waals surface area contributed by atoms with Crippen LogP contribution >= 0.6 is 31.9 Å². The third-order valence-electron chi connectivity index (χ3n) is 3.87. The summed E-state index contributed by atoms with van der Waals surface area (Å²) in [7, 11) is 0. The van der Waals surface area contributed by atoms with E-state index >= 15 is 0 Å². The van der Waals surface area contributed by atoms with Crippen LogP contribution in [0.3, 0.4) is 0 Å². The quantitative estimate of drug-likeness (QED) is 0.358. The van der Waals surface area contributed by atoms with Crippen molar-refractivity contribution in [2.75, 3.05) is 0 Å². The first kappa shape index (κ1) is 21.6. The van der Waals surface area contributed by atoms with Gasteiger partial charge in [0.25, 0.3) is 11.8 Å². The number of hydrogen-bond acceptors (Lipinski definition) is 4. The smallest absolute Gasteiger partial charge is 0.267 e. The summed E-state index contributed by atoms with van der Waals surface area (Å²) in [5.41, 5.74) is 7.61. The molecule has 30 heavy (non-hydrogen) atoms. The molecule has 0 atom stereocenters. The Morgan fingerprint density at radius 2 is 1.07 bits per heavy atom. The fourth-order valence-electron chi connectivity index (χ4n) is 2.39. The molecule has 3 aromatic rings. The lowest BCUT2D eigenvalue weighted by Gasteiger charge is -2.01.